The van der Waals surface area contributed by atoms with E-state index in [9.17, 15) is 4.79 Å². The summed E-state index contributed by atoms with van der Waals surface area (Å²) in [6.45, 7) is 18.6. The summed E-state index contributed by atoms with van der Waals surface area (Å²) in [6, 6.07) is 0. The molecule has 19 heavy (non-hydrogen) atoms. The fourth-order valence-corrected chi connectivity index (χ4v) is 2.49. The average molecular weight is 270 g/mol. The van der Waals surface area contributed by atoms with E-state index in [0.717, 1.165) is 6.61 Å². The third-order valence-electron chi connectivity index (χ3n) is 3.24. The molecule has 0 aromatic carbocycles. The number of hydrogen-bond acceptors (Lipinski definition) is 2. The lowest BCUT2D eigenvalue weighted by Gasteiger charge is -2.30. The standard InChI is InChI=1S/C17H34O2/c1-13(2)9-16(5,6)11-19-12-17(7,8)10-15(18)14(3)4/h13-14H,9-12H2,1-8H3. The van der Waals surface area contributed by atoms with E-state index in [1.54, 1.807) is 0 Å². The number of Topliss-reactive ketones (excluding diaryl/α,β-unsaturated/α-hetero) is 1. The summed E-state index contributed by atoms with van der Waals surface area (Å²) in [5, 5.41) is 0. The highest BCUT2D eigenvalue weighted by Crippen LogP contribution is 2.28. The van der Waals surface area contributed by atoms with Crippen LogP contribution in [-0.4, -0.2) is 19.0 Å². The van der Waals surface area contributed by atoms with Crippen molar-refractivity contribution < 1.29 is 9.53 Å². The molecule has 0 amide bonds. The molecule has 2 nitrogen and oxygen atoms in total. The van der Waals surface area contributed by atoms with Crippen LogP contribution in [0, 0.1) is 22.7 Å². The van der Waals surface area contributed by atoms with Gasteiger partial charge in [0.2, 0.25) is 0 Å². The molecule has 2 heteroatoms. The smallest absolute Gasteiger partial charge is 0.136 e. The van der Waals surface area contributed by atoms with E-state index in [1.165, 1.54) is 6.42 Å². The largest absolute Gasteiger partial charge is 0.380 e. The maximum Gasteiger partial charge on any atom is 0.136 e. The Morgan fingerprint density at radius 3 is 1.84 bits per heavy atom. The van der Waals surface area contributed by atoms with Gasteiger partial charge in [0.15, 0.2) is 0 Å². The molecule has 0 bridgehead atoms. The Labute approximate surface area is 120 Å². The minimum Gasteiger partial charge on any atom is -0.380 e. The molecular formula is C17H34O2. The van der Waals surface area contributed by atoms with Crippen LogP contribution >= 0.6 is 0 Å². The van der Waals surface area contributed by atoms with Crippen LogP contribution in [0.2, 0.25) is 0 Å². The molecule has 0 saturated heterocycles. The number of ketones is 1. The van der Waals surface area contributed by atoms with Crippen molar-refractivity contribution in [3.05, 3.63) is 0 Å². The molecule has 0 radical (unpaired) electrons. The van der Waals surface area contributed by atoms with Crippen molar-refractivity contribution in [2.24, 2.45) is 22.7 Å². The SMILES string of the molecule is CC(C)CC(C)(C)COCC(C)(C)CC(=O)C(C)C. The van der Waals surface area contributed by atoms with Gasteiger partial charge in [0.05, 0.1) is 13.2 Å². The summed E-state index contributed by atoms with van der Waals surface area (Å²) in [5.74, 6) is 1.14. The van der Waals surface area contributed by atoms with Gasteiger partial charge in [0.1, 0.15) is 5.78 Å². The van der Waals surface area contributed by atoms with E-state index in [2.05, 4.69) is 41.5 Å². The maximum absolute atomic E-state index is 11.8. The number of carbonyl (C=O) groups is 1. The van der Waals surface area contributed by atoms with Gasteiger partial charge in [-0.15, -0.1) is 0 Å². The summed E-state index contributed by atoms with van der Waals surface area (Å²) in [7, 11) is 0. The Balaban J connectivity index is 4.14. The molecule has 0 heterocycles. The first-order valence-corrected chi connectivity index (χ1v) is 7.56. The molecule has 0 rings (SSSR count). The lowest BCUT2D eigenvalue weighted by atomic mass is 9.84. The number of rotatable bonds is 9. The van der Waals surface area contributed by atoms with Crippen molar-refractivity contribution in [1.29, 1.82) is 0 Å². The Bertz CT molecular complexity index is 275. The van der Waals surface area contributed by atoms with E-state index in [1.807, 2.05) is 13.8 Å². The molecule has 0 aliphatic heterocycles. The van der Waals surface area contributed by atoms with Crippen LogP contribution in [0.15, 0.2) is 0 Å². The summed E-state index contributed by atoms with van der Waals surface area (Å²) >= 11 is 0. The maximum atomic E-state index is 11.8. The molecule has 0 fully saturated rings. The van der Waals surface area contributed by atoms with Crippen molar-refractivity contribution in [3.8, 4) is 0 Å². The van der Waals surface area contributed by atoms with Crippen molar-refractivity contribution in [3.63, 3.8) is 0 Å². The normalized spacial score (nSPS) is 13.4. The molecule has 0 aromatic rings. The summed E-state index contributed by atoms with van der Waals surface area (Å²) < 4.78 is 5.89. The Kier molecular flexibility index (Phi) is 7.28. The van der Waals surface area contributed by atoms with E-state index >= 15 is 0 Å². The molecule has 0 atom stereocenters. The summed E-state index contributed by atoms with van der Waals surface area (Å²) in [4.78, 5) is 11.8. The minimum absolute atomic E-state index is 0.0603. The number of hydrogen-bond donors (Lipinski definition) is 0. The van der Waals surface area contributed by atoms with Gasteiger partial charge in [-0.3, -0.25) is 4.79 Å². The van der Waals surface area contributed by atoms with Crippen LogP contribution < -0.4 is 0 Å². The molecule has 0 aromatic heterocycles. The van der Waals surface area contributed by atoms with E-state index in [0.29, 0.717) is 24.7 Å². The molecule has 0 aliphatic rings. The first kappa shape index (κ1) is 18.6. The fraction of sp³-hybridized carbons (Fsp3) is 0.941. The zero-order valence-corrected chi connectivity index (χ0v) is 14.3. The van der Waals surface area contributed by atoms with Gasteiger partial charge >= 0.3 is 0 Å². The van der Waals surface area contributed by atoms with E-state index in [4.69, 9.17) is 4.74 Å². The van der Waals surface area contributed by atoms with Crippen LogP contribution in [0.1, 0.15) is 68.2 Å². The van der Waals surface area contributed by atoms with E-state index < -0.39 is 0 Å². The fourth-order valence-electron chi connectivity index (χ4n) is 2.49. The van der Waals surface area contributed by atoms with Crippen LogP contribution in [0.25, 0.3) is 0 Å². The van der Waals surface area contributed by atoms with Gasteiger partial charge in [0.25, 0.3) is 0 Å². The van der Waals surface area contributed by atoms with Gasteiger partial charge in [0, 0.05) is 12.3 Å². The quantitative estimate of drug-likeness (QED) is 0.606. The Hall–Kier alpha value is -0.370. The number of carbonyl (C=O) groups excluding carboxylic acids is 1. The predicted molar refractivity (Wildman–Crippen MR) is 82.3 cm³/mol. The lowest BCUT2D eigenvalue weighted by Crippen LogP contribution is -2.29. The predicted octanol–water partition coefficient (Wildman–Crippen LogP) is 4.72. The van der Waals surface area contributed by atoms with Gasteiger partial charge in [-0.1, -0.05) is 55.4 Å². The molecule has 0 spiro atoms. The highest BCUT2D eigenvalue weighted by atomic mass is 16.5. The lowest BCUT2D eigenvalue weighted by molar-refractivity contribution is -0.125. The van der Waals surface area contributed by atoms with Crippen LogP contribution in [0.4, 0.5) is 0 Å². The summed E-state index contributed by atoms with van der Waals surface area (Å²) in [6.07, 6.45) is 1.77. The van der Waals surface area contributed by atoms with Crippen molar-refractivity contribution in [2.45, 2.75) is 68.2 Å². The van der Waals surface area contributed by atoms with Crippen LogP contribution in [0.3, 0.4) is 0 Å². The van der Waals surface area contributed by atoms with Gasteiger partial charge in [-0.05, 0) is 23.2 Å². The Morgan fingerprint density at radius 1 is 0.947 bits per heavy atom. The van der Waals surface area contributed by atoms with Crippen LogP contribution in [-0.2, 0) is 9.53 Å². The Morgan fingerprint density at radius 2 is 1.42 bits per heavy atom. The topological polar surface area (TPSA) is 26.3 Å². The zero-order chi connectivity index (χ0) is 15.3. The third-order valence-corrected chi connectivity index (χ3v) is 3.24. The first-order chi connectivity index (χ1) is 8.45. The molecule has 0 saturated carbocycles. The van der Waals surface area contributed by atoms with Gasteiger partial charge in [-0.2, -0.15) is 0 Å². The molecule has 0 N–H and O–H groups in total. The zero-order valence-electron chi connectivity index (χ0n) is 14.3. The first-order valence-electron chi connectivity index (χ1n) is 7.56. The van der Waals surface area contributed by atoms with Crippen molar-refractivity contribution >= 4 is 5.78 Å². The molecule has 114 valence electrons. The molecule has 0 unspecified atom stereocenters. The minimum atomic E-state index is -0.0603. The highest BCUT2D eigenvalue weighted by molar-refractivity contribution is 5.80. The molecular weight excluding hydrogens is 236 g/mol. The van der Waals surface area contributed by atoms with E-state index in [-0.39, 0.29) is 16.7 Å². The van der Waals surface area contributed by atoms with Gasteiger partial charge < -0.3 is 4.74 Å². The highest BCUT2D eigenvalue weighted by Gasteiger charge is 2.26. The second kappa shape index (κ2) is 7.42. The van der Waals surface area contributed by atoms with Crippen molar-refractivity contribution in [2.75, 3.05) is 13.2 Å². The third kappa shape index (κ3) is 9.21. The second-order valence-corrected chi connectivity index (χ2v) is 8.22. The molecule has 0 aliphatic carbocycles. The van der Waals surface area contributed by atoms with Crippen LogP contribution in [0.5, 0.6) is 0 Å². The average Bonchev–Trinajstić information content (AvgIpc) is 2.12. The second-order valence-electron chi connectivity index (χ2n) is 8.22. The monoisotopic (exact) mass is 270 g/mol. The van der Waals surface area contributed by atoms with Crippen molar-refractivity contribution in [1.82, 2.24) is 0 Å². The van der Waals surface area contributed by atoms with Gasteiger partial charge in [-0.25, -0.2) is 0 Å². The summed E-state index contributed by atoms with van der Waals surface area (Å²) in [5.41, 5.74) is 0.154. The number of ether oxygens (including phenoxy) is 1.